The van der Waals surface area contributed by atoms with Crippen molar-refractivity contribution in [2.45, 2.75) is 13.8 Å². The summed E-state index contributed by atoms with van der Waals surface area (Å²) in [6, 6.07) is 7.41. The molecule has 0 heterocycles. The van der Waals surface area contributed by atoms with E-state index in [4.69, 9.17) is 5.26 Å². The van der Waals surface area contributed by atoms with Crippen LogP contribution in [0, 0.1) is 11.3 Å². The molecule has 18 heavy (non-hydrogen) atoms. The minimum Gasteiger partial charge on any atom is -0.375 e. The molecule has 0 aliphatic carbocycles. The molecule has 5 heteroatoms. The fourth-order valence-electron chi connectivity index (χ4n) is 1.62. The molecule has 0 saturated carbocycles. The first-order valence-electron chi connectivity index (χ1n) is 5.83. The Labute approximate surface area is 116 Å². The largest absolute Gasteiger partial charge is 0.375 e. The average molecular weight is 310 g/mol. The van der Waals surface area contributed by atoms with Crippen LogP contribution in [0.3, 0.4) is 0 Å². The van der Waals surface area contributed by atoms with Gasteiger partial charge in [-0.3, -0.25) is 4.79 Å². The highest BCUT2D eigenvalue weighted by Gasteiger charge is 2.10. The lowest BCUT2D eigenvalue weighted by Gasteiger charge is -2.19. The molecule has 1 amide bonds. The van der Waals surface area contributed by atoms with Crippen molar-refractivity contribution in [3.8, 4) is 6.07 Å². The van der Waals surface area contributed by atoms with Crippen LogP contribution in [-0.4, -0.2) is 30.4 Å². The summed E-state index contributed by atoms with van der Waals surface area (Å²) in [4.78, 5) is 13.6. The smallest absolute Gasteiger partial charge is 0.241 e. The average Bonchev–Trinajstić information content (AvgIpc) is 2.38. The summed E-state index contributed by atoms with van der Waals surface area (Å²) in [7, 11) is 0. The zero-order valence-corrected chi connectivity index (χ0v) is 12.1. The van der Waals surface area contributed by atoms with E-state index in [9.17, 15) is 4.79 Å². The second kappa shape index (κ2) is 7.02. The number of rotatable bonds is 5. The van der Waals surface area contributed by atoms with Gasteiger partial charge in [0.15, 0.2) is 0 Å². The highest BCUT2D eigenvalue weighted by molar-refractivity contribution is 9.10. The van der Waals surface area contributed by atoms with Gasteiger partial charge in [-0.05, 0) is 32.0 Å². The van der Waals surface area contributed by atoms with Crippen molar-refractivity contribution in [2.24, 2.45) is 0 Å². The van der Waals surface area contributed by atoms with Crippen molar-refractivity contribution in [1.82, 2.24) is 4.90 Å². The van der Waals surface area contributed by atoms with Crippen LogP contribution in [0.1, 0.15) is 19.4 Å². The van der Waals surface area contributed by atoms with Gasteiger partial charge >= 0.3 is 0 Å². The first-order chi connectivity index (χ1) is 8.62. The number of carbonyl (C=O) groups is 1. The molecular formula is C13H16BrN3O. The second-order valence-electron chi connectivity index (χ2n) is 3.72. The number of halogens is 1. The van der Waals surface area contributed by atoms with Crippen LogP contribution in [0.15, 0.2) is 22.7 Å². The number of benzene rings is 1. The summed E-state index contributed by atoms with van der Waals surface area (Å²) < 4.78 is 0.874. The maximum absolute atomic E-state index is 11.8. The third kappa shape index (κ3) is 3.74. The van der Waals surface area contributed by atoms with Crippen LogP contribution in [0.5, 0.6) is 0 Å². The van der Waals surface area contributed by atoms with Crippen molar-refractivity contribution < 1.29 is 4.79 Å². The van der Waals surface area contributed by atoms with Gasteiger partial charge in [-0.2, -0.15) is 5.26 Å². The molecule has 1 aromatic carbocycles. The number of nitrogens with one attached hydrogen (secondary N) is 1. The maximum Gasteiger partial charge on any atom is 0.241 e. The number of nitriles is 1. The Morgan fingerprint density at radius 3 is 2.67 bits per heavy atom. The van der Waals surface area contributed by atoms with Gasteiger partial charge in [0.25, 0.3) is 0 Å². The van der Waals surface area contributed by atoms with Crippen molar-refractivity contribution in [1.29, 1.82) is 5.26 Å². The third-order valence-corrected chi connectivity index (χ3v) is 3.14. The predicted molar refractivity (Wildman–Crippen MR) is 75.3 cm³/mol. The van der Waals surface area contributed by atoms with E-state index in [-0.39, 0.29) is 12.5 Å². The summed E-state index contributed by atoms with van der Waals surface area (Å²) in [6.07, 6.45) is 0. The zero-order valence-electron chi connectivity index (χ0n) is 10.5. The Hall–Kier alpha value is -1.54. The van der Waals surface area contributed by atoms with Crippen LogP contribution >= 0.6 is 15.9 Å². The highest BCUT2D eigenvalue weighted by atomic mass is 79.9. The third-order valence-electron chi connectivity index (χ3n) is 2.65. The van der Waals surface area contributed by atoms with E-state index in [1.807, 2.05) is 13.8 Å². The fraction of sp³-hybridized carbons (Fsp3) is 0.385. The van der Waals surface area contributed by atoms with Gasteiger partial charge in [0.2, 0.25) is 5.91 Å². The van der Waals surface area contributed by atoms with E-state index in [1.54, 1.807) is 23.1 Å². The number of anilines is 1. The van der Waals surface area contributed by atoms with E-state index in [0.29, 0.717) is 24.3 Å². The number of hydrogen-bond acceptors (Lipinski definition) is 3. The molecule has 0 radical (unpaired) electrons. The van der Waals surface area contributed by atoms with Gasteiger partial charge < -0.3 is 10.2 Å². The molecule has 1 rings (SSSR count). The molecule has 0 fully saturated rings. The van der Waals surface area contributed by atoms with Crippen LogP contribution in [0.2, 0.25) is 0 Å². The van der Waals surface area contributed by atoms with Crippen molar-refractivity contribution in [2.75, 3.05) is 25.0 Å². The number of carbonyl (C=O) groups excluding carboxylic acids is 1. The van der Waals surface area contributed by atoms with Gasteiger partial charge in [0, 0.05) is 17.6 Å². The normalized spacial score (nSPS) is 9.67. The first-order valence-corrected chi connectivity index (χ1v) is 6.63. The number of nitrogens with zero attached hydrogens (tertiary/aromatic N) is 2. The molecule has 1 N–H and O–H groups in total. The highest BCUT2D eigenvalue weighted by Crippen LogP contribution is 2.20. The van der Waals surface area contributed by atoms with E-state index in [0.717, 1.165) is 4.47 Å². The van der Waals surface area contributed by atoms with Gasteiger partial charge in [-0.25, -0.2) is 0 Å². The Morgan fingerprint density at radius 2 is 2.11 bits per heavy atom. The lowest BCUT2D eigenvalue weighted by Crippen LogP contribution is -2.35. The van der Waals surface area contributed by atoms with Crippen molar-refractivity contribution in [3.63, 3.8) is 0 Å². The van der Waals surface area contributed by atoms with Gasteiger partial charge in [-0.15, -0.1) is 0 Å². The van der Waals surface area contributed by atoms with Crippen LogP contribution < -0.4 is 5.32 Å². The maximum atomic E-state index is 11.8. The minimum absolute atomic E-state index is 0.0314. The minimum atomic E-state index is 0.0314. The zero-order chi connectivity index (χ0) is 13.5. The number of hydrogen-bond donors (Lipinski definition) is 1. The topological polar surface area (TPSA) is 56.1 Å². The summed E-state index contributed by atoms with van der Waals surface area (Å²) in [5, 5.41) is 12.0. The van der Waals surface area contributed by atoms with Crippen LogP contribution in [-0.2, 0) is 4.79 Å². The van der Waals surface area contributed by atoms with Crippen molar-refractivity contribution >= 4 is 27.5 Å². The Morgan fingerprint density at radius 1 is 1.44 bits per heavy atom. The molecular weight excluding hydrogens is 294 g/mol. The van der Waals surface area contributed by atoms with Crippen molar-refractivity contribution in [3.05, 3.63) is 28.2 Å². The molecule has 0 spiro atoms. The molecule has 0 unspecified atom stereocenters. The summed E-state index contributed by atoms with van der Waals surface area (Å²) in [5.41, 5.74) is 1.21. The van der Waals surface area contributed by atoms with Crippen LogP contribution in [0.4, 0.5) is 5.69 Å². The first kappa shape index (κ1) is 14.5. The second-order valence-corrected chi connectivity index (χ2v) is 4.64. The number of amides is 1. The molecule has 0 bridgehead atoms. The van der Waals surface area contributed by atoms with Crippen LogP contribution in [0.25, 0.3) is 0 Å². The fourth-order valence-corrected chi connectivity index (χ4v) is 1.98. The van der Waals surface area contributed by atoms with Gasteiger partial charge in [0.1, 0.15) is 6.07 Å². The van der Waals surface area contributed by atoms with E-state index >= 15 is 0 Å². The molecule has 0 aliphatic heterocycles. The number of likely N-dealkylation sites (N-methyl/N-ethyl adjacent to an activating group) is 1. The monoisotopic (exact) mass is 309 g/mol. The standard InChI is InChI=1S/C13H16BrN3O/c1-3-17(4-2)13(18)9-16-12-7-11(14)6-5-10(12)8-15/h5-7,16H,3-4,9H2,1-2H3. The van der Waals surface area contributed by atoms with E-state index in [1.165, 1.54) is 0 Å². The molecule has 1 aromatic rings. The lowest BCUT2D eigenvalue weighted by molar-refractivity contribution is -0.128. The predicted octanol–water partition coefficient (Wildman–Crippen LogP) is 2.60. The Kier molecular flexibility index (Phi) is 5.66. The van der Waals surface area contributed by atoms with Gasteiger partial charge in [-0.1, -0.05) is 15.9 Å². The SMILES string of the molecule is CCN(CC)C(=O)CNc1cc(Br)ccc1C#N. The lowest BCUT2D eigenvalue weighted by atomic mass is 10.2. The molecule has 0 saturated heterocycles. The summed E-state index contributed by atoms with van der Waals surface area (Å²) >= 11 is 3.34. The molecule has 0 atom stereocenters. The summed E-state index contributed by atoms with van der Waals surface area (Å²) in [5.74, 6) is 0.0314. The molecule has 0 aliphatic rings. The Balaban J connectivity index is 2.72. The van der Waals surface area contributed by atoms with E-state index in [2.05, 4.69) is 27.3 Å². The van der Waals surface area contributed by atoms with Gasteiger partial charge in [0.05, 0.1) is 17.8 Å². The Bertz CT molecular complexity index is 464. The quantitative estimate of drug-likeness (QED) is 0.909. The molecule has 96 valence electrons. The molecule has 4 nitrogen and oxygen atoms in total. The molecule has 0 aromatic heterocycles. The van der Waals surface area contributed by atoms with E-state index < -0.39 is 0 Å². The summed E-state index contributed by atoms with van der Waals surface area (Å²) in [6.45, 7) is 5.48.